The van der Waals surface area contributed by atoms with Gasteiger partial charge in [-0.05, 0) is 29.3 Å². The molecule has 2 N–H and O–H groups in total. The molecule has 3 rings (SSSR count). The Labute approximate surface area is 112 Å². The highest BCUT2D eigenvalue weighted by atomic mass is 32.1. The summed E-state index contributed by atoms with van der Waals surface area (Å²) in [5.41, 5.74) is 10.0. The normalized spacial score (nSPS) is 10.7. The van der Waals surface area contributed by atoms with Gasteiger partial charge in [0, 0.05) is 6.07 Å². The second-order valence-corrected chi connectivity index (χ2v) is 4.95. The van der Waals surface area contributed by atoms with Crippen molar-refractivity contribution >= 4 is 32.9 Å². The quantitative estimate of drug-likeness (QED) is 0.439. The Kier molecular flexibility index (Phi) is 2.64. The predicted molar refractivity (Wildman–Crippen MR) is 76.1 cm³/mol. The van der Waals surface area contributed by atoms with E-state index in [1.54, 1.807) is 29.0 Å². The van der Waals surface area contributed by atoms with Crippen molar-refractivity contribution in [1.82, 2.24) is 4.98 Å². The van der Waals surface area contributed by atoms with E-state index in [1.165, 1.54) is 6.07 Å². The standard InChI is InChI=1S/C13H9N3O2S/c14-10-3-1-9(6-12(10)16(17)18)8-2-4-13-11(5-8)15-7-19-13/h1-7H,14H2. The number of hydrogen-bond acceptors (Lipinski definition) is 5. The first-order valence-corrected chi connectivity index (χ1v) is 6.40. The third kappa shape index (κ3) is 2.02. The minimum atomic E-state index is -0.472. The lowest BCUT2D eigenvalue weighted by molar-refractivity contribution is -0.383. The predicted octanol–water partition coefficient (Wildman–Crippen LogP) is 3.45. The third-order valence-electron chi connectivity index (χ3n) is 2.89. The number of rotatable bonds is 2. The van der Waals surface area contributed by atoms with E-state index >= 15 is 0 Å². The minimum absolute atomic E-state index is 0.0733. The molecule has 2 aromatic carbocycles. The average Bonchev–Trinajstić information content (AvgIpc) is 2.86. The van der Waals surface area contributed by atoms with E-state index in [-0.39, 0.29) is 11.4 Å². The summed E-state index contributed by atoms with van der Waals surface area (Å²) in [5, 5.41) is 10.9. The van der Waals surface area contributed by atoms with Crippen molar-refractivity contribution in [1.29, 1.82) is 0 Å². The number of nitro groups is 1. The van der Waals surface area contributed by atoms with Crippen molar-refractivity contribution in [3.63, 3.8) is 0 Å². The molecule has 0 radical (unpaired) electrons. The van der Waals surface area contributed by atoms with Crippen LogP contribution in [0.3, 0.4) is 0 Å². The summed E-state index contributed by atoms with van der Waals surface area (Å²) >= 11 is 1.56. The zero-order chi connectivity index (χ0) is 13.4. The molecular weight excluding hydrogens is 262 g/mol. The Bertz CT molecular complexity index is 782. The van der Waals surface area contributed by atoms with Gasteiger partial charge in [0.25, 0.3) is 5.69 Å². The summed E-state index contributed by atoms with van der Waals surface area (Å²) in [6.45, 7) is 0. The van der Waals surface area contributed by atoms with Gasteiger partial charge in [0.15, 0.2) is 0 Å². The van der Waals surface area contributed by atoms with Crippen LogP contribution in [0.15, 0.2) is 41.9 Å². The molecule has 0 bridgehead atoms. The number of aromatic nitrogens is 1. The van der Waals surface area contributed by atoms with Gasteiger partial charge in [-0.1, -0.05) is 12.1 Å². The molecule has 6 heteroatoms. The molecule has 0 aliphatic heterocycles. The van der Waals surface area contributed by atoms with Crippen molar-refractivity contribution in [3.8, 4) is 11.1 Å². The Morgan fingerprint density at radius 2 is 1.89 bits per heavy atom. The first-order chi connectivity index (χ1) is 9.15. The number of anilines is 1. The third-order valence-corrected chi connectivity index (χ3v) is 3.70. The second-order valence-electron chi connectivity index (χ2n) is 4.07. The highest BCUT2D eigenvalue weighted by Crippen LogP contribution is 2.30. The van der Waals surface area contributed by atoms with E-state index in [1.807, 2.05) is 18.2 Å². The summed E-state index contributed by atoms with van der Waals surface area (Å²) in [7, 11) is 0. The summed E-state index contributed by atoms with van der Waals surface area (Å²) in [4.78, 5) is 14.7. The number of benzene rings is 2. The second kappa shape index (κ2) is 4.33. The Balaban J connectivity index is 2.15. The van der Waals surface area contributed by atoms with Gasteiger partial charge in [-0.25, -0.2) is 4.98 Å². The molecule has 0 saturated carbocycles. The van der Waals surface area contributed by atoms with Crippen molar-refractivity contribution in [2.75, 3.05) is 5.73 Å². The lowest BCUT2D eigenvalue weighted by Crippen LogP contribution is -1.95. The SMILES string of the molecule is Nc1ccc(-c2ccc3scnc3c2)cc1[N+](=O)[O-]. The monoisotopic (exact) mass is 271 g/mol. The molecule has 0 saturated heterocycles. The molecule has 3 aromatic rings. The highest BCUT2D eigenvalue weighted by molar-refractivity contribution is 7.16. The fourth-order valence-electron chi connectivity index (χ4n) is 1.92. The highest BCUT2D eigenvalue weighted by Gasteiger charge is 2.13. The van der Waals surface area contributed by atoms with Gasteiger partial charge < -0.3 is 5.73 Å². The molecule has 5 nitrogen and oxygen atoms in total. The van der Waals surface area contributed by atoms with E-state index < -0.39 is 4.92 Å². The molecule has 0 spiro atoms. The minimum Gasteiger partial charge on any atom is -0.393 e. The van der Waals surface area contributed by atoms with Gasteiger partial charge in [0.2, 0.25) is 0 Å². The maximum atomic E-state index is 10.9. The Hall–Kier alpha value is -2.47. The van der Waals surface area contributed by atoms with Gasteiger partial charge in [0.1, 0.15) is 5.69 Å². The van der Waals surface area contributed by atoms with Gasteiger partial charge in [-0.15, -0.1) is 11.3 Å². The molecule has 1 heterocycles. The lowest BCUT2D eigenvalue weighted by Gasteiger charge is -2.03. The molecule has 0 aliphatic carbocycles. The molecule has 0 fully saturated rings. The maximum absolute atomic E-state index is 10.9. The molecule has 94 valence electrons. The van der Waals surface area contributed by atoms with E-state index in [9.17, 15) is 10.1 Å². The summed E-state index contributed by atoms with van der Waals surface area (Å²) < 4.78 is 1.09. The first-order valence-electron chi connectivity index (χ1n) is 5.53. The number of hydrogen-bond donors (Lipinski definition) is 1. The van der Waals surface area contributed by atoms with Crippen molar-refractivity contribution < 1.29 is 4.92 Å². The fraction of sp³-hybridized carbons (Fsp3) is 0. The zero-order valence-corrected chi connectivity index (χ0v) is 10.6. The number of nitrogen functional groups attached to an aromatic ring is 1. The fourth-order valence-corrected chi connectivity index (χ4v) is 2.58. The van der Waals surface area contributed by atoms with Gasteiger partial charge >= 0.3 is 0 Å². The molecule has 0 unspecified atom stereocenters. The molecular formula is C13H9N3O2S. The number of nitrogens with two attached hydrogens (primary N) is 1. The van der Waals surface area contributed by atoms with E-state index in [4.69, 9.17) is 5.73 Å². The van der Waals surface area contributed by atoms with Crippen molar-refractivity contribution in [2.45, 2.75) is 0 Å². The Morgan fingerprint density at radius 3 is 2.68 bits per heavy atom. The topological polar surface area (TPSA) is 82.0 Å². The molecule has 0 aliphatic rings. The maximum Gasteiger partial charge on any atom is 0.292 e. The van der Waals surface area contributed by atoms with E-state index in [0.29, 0.717) is 0 Å². The van der Waals surface area contributed by atoms with Gasteiger partial charge in [-0.2, -0.15) is 0 Å². The van der Waals surface area contributed by atoms with Crippen LogP contribution in [-0.4, -0.2) is 9.91 Å². The largest absolute Gasteiger partial charge is 0.393 e. The number of nitro benzene ring substituents is 1. The molecule has 0 atom stereocenters. The van der Waals surface area contributed by atoms with Crippen LogP contribution in [0.25, 0.3) is 21.3 Å². The van der Waals surface area contributed by atoms with Crippen LogP contribution in [-0.2, 0) is 0 Å². The average molecular weight is 271 g/mol. The molecule has 19 heavy (non-hydrogen) atoms. The van der Waals surface area contributed by atoms with Crippen LogP contribution in [0.5, 0.6) is 0 Å². The van der Waals surface area contributed by atoms with Crippen LogP contribution in [0.4, 0.5) is 11.4 Å². The summed E-state index contributed by atoms with van der Waals surface area (Å²) in [5.74, 6) is 0. The lowest BCUT2D eigenvalue weighted by atomic mass is 10.0. The molecule has 0 amide bonds. The number of nitrogens with zero attached hydrogens (tertiary/aromatic N) is 2. The zero-order valence-electron chi connectivity index (χ0n) is 9.74. The number of thiazole rings is 1. The first kappa shape index (κ1) is 11.6. The van der Waals surface area contributed by atoms with Crippen LogP contribution < -0.4 is 5.73 Å². The van der Waals surface area contributed by atoms with E-state index in [2.05, 4.69) is 4.98 Å². The van der Waals surface area contributed by atoms with Crippen molar-refractivity contribution in [3.05, 3.63) is 52.0 Å². The Morgan fingerprint density at radius 1 is 1.16 bits per heavy atom. The summed E-state index contributed by atoms with van der Waals surface area (Å²) in [6.07, 6.45) is 0. The van der Waals surface area contributed by atoms with Gasteiger partial charge in [0.05, 0.1) is 20.7 Å². The number of fused-ring (bicyclic) bond motifs is 1. The molecule has 1 aromatic heterocycles. The van der Waals surface area contributed by atoms with Crippen LogP contribution >= 0.6 is 11.3 Å². The van der Waals surface area contributed by atoms with Crippen LogP contribution in [0, 0.1) is 10.1 Å². The smallest absolute Gasteiger partial charge is 0.292 e. The van der Waals surface area contributed by atoms with Crippen LogP contribution in [0.2, 0.25) is 0 Å². The van der Waals surface area contributed by atoms with Crippen LogP contribution in [0.1, 0.15) is 0 Å². The summed E-state index contributed by atoms with van der Waals surface area (Å²) in [6, 6.07) is 10.6. The van der Waals surface area contributed by atoms with E-state index in [0.717, 1.165) is 21.3 Å². The van der Waals surface area contributed by atoms with Gasteiger partial charge in [-0.3, -0.25) is 10.1 Å². The van der Waals surface area contributed by atoms with Crippen molar-refractivity contribution in [2.24, 2.45) is 0 Å².